The highest BCUT2D eigenvalue weighted by molar-refractivity contribution is 9.10. The van der Waals surface area contributed by atoms with Gasteiger partial charge in [0.2, 0.25) is 0 Å². The van der Waals surface area contributed by atoms with Crippen LogP contribution < -0.4 is 5.32 Å². The Morgan fingerprint density at radius 2 is 1.81 bits per heavy atom. The standard InChI is InChI=1S/C17H28BrN3/c1-4-11-19-17-14(18)15(13-9-7-8-10-13)20-16(21-17)12(5-2)6-3/h12-13H,4-11H2,1-3H3,(H,19,20,21). The summed E-state index contributed by atoms with van der Waals surface area (Å²) in [7, 11) is 0. The van der Waals surface area contributed by atoms with Gasteiger partial charge < -0.3 is 5.32 Å². The van der Waals surface area contributed by atoms with Crippen molar-refractivity contribution in [3.63, 3.8) is 0 Å². The molecule has 0 saturated heterocycles. The predicted molar refractivity (Wildman–Crippen MR) is 93.0 cm³/mol. The van der Waals surface area contributed by atoms with E-state index in [1.807, 2.05) is 0 Å². The van der Waals surface area contributed by atoms with E-state index >= 15 is 0 Å². The molecule has 1 aliphatic rings. The van der Waals surface area contributed by atoms with Crippen LogP contribution in [0.15, 0.2) is 4.47 Å². The van der Waals surface area contributed by atoms with Crippen molar-refractivity contribution in [3.8, 4) is 0 Å². The number of nitrogens with one attached hydrogen (secondary N) is 1. The van der Waals surface area contributed by atoms with Gasteiger partial charge in [0.15, 0.2) is 0 Å². The van der Waals surface area contributed by atoms with Crippen LogP contribution in [0.25, 0.3) is 0 Å². The molecule has 0 radical (unpaired) electrons. The molecular formula is C17H28BrN3. The van der Waals surface area contributed by atoms with Crippen LogP contribution in [0.3, 0.4) is 0 Å². The molecule has 0 atom stereocenters. The lowest BCUT2D eigenvalue weighted by molar-refractivity contribution is 0.586. The molecule has 1 aromatic rings. The van der Waals surface area contributed by atoms with Crippen LogP contribution in [0.2, 0.25) is 0 Å². The number of rotatable bonds is 7. The highest BCUT2D eigenvalue weighted by Gasteiger charge is 2.25. The fourth-order valence-electron chi connectivity index (χ4n) is 3.15. The molecule has 0 aromatic carbocycles. The van der Waals surface area contributed by atoms with E-state index in [2.05, 4.69) is 42.0 Å². The summed E-state index contributed by atoms with van der Waals surface area (Å²) < 4.78 is 1.09. The van der Waals surface area contributed by atoms with Gasteiger partial charge in [-0.1, -0.05) is 33.6 Å². The third-order valence-corrected chi connectivity index (χ3v) is 5.31. The van der Waals surface area contributed by atoms with Crippen molar-refractivity contribution in [2.45, 2.75) is 77.6 Å². The van der Waals surface area contributed by atoms with Crippen LogP contribution in [0.5, 0.6) is 0 Å². The van der Waals surface area contributed by atoms with E-state index in [9.17, 15) is 0 Å². The van der Waals surface area contributed by atoms with Crippen LogP contribution >= 0.6 is 15.9 Å². The molecule has 118 valence electrons. The van der Waals surface area contributed by atoms with Gasteiger partial charge in [0.1, 0.15) is 11.6 Å². The third-order valence-electron chi connectivity index (χ3n) is 4.53. The molecule has 3 nitrogen and oxygen atoms in total. The first-order chi connectivity index (χ1) is 10.2. The second kappa shape index (κ2) is 8.11. The molecule has 4 heteroatoms. The van der Waals surface area contributed by atoms with Crippen LogP contribution in [0.1, 0.15) is 89.1 Å². The van der Waals surface area contributed by atoms with E-state index in [1.165, 1.54) is 31.4 Å². The summed E-state index contributed by atoms with van der Waals surface area (Å²) in [6.45, 7) is 7.60. The summed E-state index contributed by atoms with van der Waals surface area (Å²) in [5.41, 5.74) is 1.24. The molecule has 0 bridgehead atoms. The van der Waals surface area contributed by atoms with Gasteiger partial charge in [0.25, 0.3) is 0 Å². The Morgan fingerprint density at radius 3 is 2.38 bits per heavy atom. The summed E-state index contributed by atoms with van der Waals surface area (Å²) in [5, 5.41) is 3.47. The average molecular weight is 354 g/mol. The zero-order valence-corrected chi connectivity index (χ0v) is 15.2. The van der Waals surface area contributed by atoms with Crippen molar-refractivity contribution < 1.29 is 0 Å². The zero-order valence-electron chi connectivity index (χ0n) is 13.6. The van der Waals surface area contributed by atoms with E-state index in [1.54, 1.807) is 0 Å². The van der Waals surface area contributed by atoms with Gasteiger partial charge in [-0.2, -0.15) is 0 Å². The summed E-state index contributed by atoms with van der Waals surface area (Å²) in [6, 6.07) is 0. The normalized spacial score (nSPS) is 15.9. The summed E-state index contributed by atoms with van der Waals surface area (Å²) >= 11 is 3.76. The SMILES string of the molecule is CCCNc1nc(C(CC)CC)nc(C2CCCC2)c1Br. The van der Waals surface area contributed by atoms with Crippen molar-refractivity contribution in [2.75, 3.05) is 11.9 Å². The number of hydrogen-bond donors (Lipinski definition) is 1. The quantitative estimate of drug-likeness (QED) is 0.690. The van der Waals surface area contributed by atoms with Gasteiger partial charge in [-0.05, 0) is 48.0 Å². The van der Waals surface area contributed by atoms with Crippen LogP contribution in [-0.2, 0) is 0 Å². The van der Waals surface area contributed by atoms with Crippen molar-refractivity contribution in [3.05, 3.63) is 16.0 Å². The lowest BCUT2D eigenvalue weighted by atomic mass is 10.00. The molecule has 1 fully saturated rings. The number of anilines is 1. The number of halogens is 1. The molecule has 0 spiro atoms. The van der Waals surface area contributed by atoms with Crippen LogP contribution in [-0.4, -0.2) is 16.5 Å². The van der Waals surface area contributed by atoms with Crippen molar-refractivity contribution in [1.82, 2.24) is 9.97 Å². The van der Waals surface area contributed by atoms with Crippen molar-refractivity contribution in [1.29, 1.82) is 0 Å². The number of aromatic nitrogens is 2. The highest BCUT2D eigenvalue weighted by atomic mass is 79.9. The Morgan fingerprint density at radius 1 is 1.14 bits per heavy atom. The lowest BCUT2D eigenvalue weighted by Gasteiger charge is -2.19. The van der Waals surface area contributed by atoms with Gasteiger partial charge >= 0.3 is 0 Å². The molecule has 1 aliphatic carbocycles. The fourth-order valence-corrected chi connectivity index (χ4v) is 3.79. The Hall–Kier alpha value is -0.640. The van der Waals surface area contributed by atoms with Gasteiger partial charge in [0.05, 0.1) is 10.2 Å². The average Bonchev–Trinajstić information content (AvgIpc) is 3.02. The Labute approximate surface area is 137 Å². The first kappa shape index (κ1) is 16.7. The molecule has 1 aromatic heterocycles. The maximum atomic E-state index is 4.97. The van der Waals surface area contributed by atoms with E-state index < -0.39 is 0 Å². The van der Waals surface area contributed by atoms with Crippen LogP contribution in [0.4, 0.5) is 5.82 Å². The summed E-state index contributed by atoms with van der Waals surface area (Å²) in [6.07, 6.45) is 8.52. The minimum Gasteiger partial charge on any atom is -0.369 e. The Kier molecular flexibility index (Phi) is 6.46. The van der Waals surface area contributed by atoms with Crippen molar-refractivity contribution >= 4 is 21.7 Å². The molecule has 1 N–H and O–H groups in total. The van der Waals surface area contributed by atoms with E-state index in [0.717, 1.165) is 41.9 Å². The molecule has 1 saturated carbocycles. The molecule has 0 unspecified atom stereocenters. The first-order valence-corrected chi connectivity index (χ1v) is 9.31. The summed E-state index contributed by atoms with van der Waals surface area (Å²) in [5.74, 6) is 3.11. The molecule has 2 rings (SSSR count). The maximum absolute atomic E-state index is 4.97. The number of hydrogen-bond acceptors (Lipinski definition) is 3. The van der Waals surface area contributed by atoms with Gasteiger partial charge in [-0.15, -0.1) is 0 Å². The first-order valence-electron chi connectivity index (χ1n) is 8.52. The molecule has 21 heavy (non-hydrogen) atoms. The smallest absolute Gasteiger partial charge is 0.144 e. The number of nitrogens with zero attached hydrogens (tertiary/aromatic N) is 2. The molecule has 0 aliphatic heterocycles. The minimum atomic E-state index is 0.473. The predicted octanol–water partition coefficient (Wildman–Crippen LogP) is 5.62. The van der Waals surface area contributed by atoms with E-state index in [0.29, 0.717) is 11.8 Å². The van der Waals surface area contributed by atoms with Crippen molar-refractivity contribution in [2.24, 2.45) is 0 Å². The second-order valence-corrected chi connectivity index (χ2v) is 6.84. The largest absolute Gasteiger partial charge is 0.369 e. The minimum absolute atomic E-state index is 0.473. The zero-order chi connectivity index (χ0) is 15.2. The second-order valence-electron chi connectivity index (χ2n) is 6.05. The van der Waals surface area contributed by atoms with Gasteiger partial charge in [-0.25, -0.2) is 9.97 Å². The third kappa shape index (κ3) is 3.97. The fraction of sp³-hybridized carbons (Fsp3) is 0.765. The highest BCUT2D eigenvalue weighted by Crippen LogP contribution is 2.39. The Bertz CT molecular complexity index is 452. The van der Waals surface area contributed by atoms with E-state index in [-0.39, 0.29) is 0 Å². The Balaban J connectivity index is 2.38. The lowest BCUT2D eigenvalue weighted by Crippen LogP contribution is -2.13. The molecular weight excluding hydrogens is 326 g/mol. The van der Waals surface area contributed by atoms with E-state index in [4.69, 9.17) is 9.97 Å². The maximum Gasteiger partial charge on any atom is 0.144 e. The topological polar surface area (TPSA) is 37.8 Å². The van der Waals surface area contributed by atoms with Gasteiger partial charge in [0, 0.05) is 18.4 Å². The molecule has 0 amide bonds. The van der Waals surface area contributed by atoms with Crippen LogP contribution in [0, 0.1) is 0 Å². The summed E-state index contributed by atoms with van der Waals surface area (Å²) in [4.78, 5) is 9.78. The monoisotopic (exact) mass is 353 g/mol. The molecule has 1 heterocycles. The van der Waals surface area contributed by atoms with Gasteiger partial charge in [-0.3, -0.25) is 0 Å².